The molecule has 1 saturated heterocycles. The van der Waals surface area contributed by atoms with Gasteiger partial charge in [0.05, 0.1) is 6.10 Å². The highest BCUT2D eigenvalue weighted by molar-refractivity contribution is 6.12. The molecule has 6 heteroatoms. The summed E-state index contributed by atoms with van der Waals surface area (Å²) in [6, 6.07) is 6.80. The summed E-state index contributed by atoms with van der Waals surface area (Å²) in [6.45, 7) is 3.67. The molecule has 0 spiro atoms. The van der Waals surface area contributed by atoms with Gasteiger partial charge in [-0.25, -0.2) is 4.79 Å². The molecule has 1 aliphatic rings. The van der Waals surface area contributed by atoms with Crippen LogP contribution in [0.3, 0.4) is 0 Å². The van der Waals surface area contributed by atoms with Gasteiger partial charge in [-0.05, 0) is 38.0 Å². The number of nitrogens with one attached hydrogen (secondary N) is 1. The first-order chi connectivity index (χ1) is 9.95. The van der Waals surface area contributed by atoms with Crippen LogP contribution in [0.1, 0.15) is 25.8 Å². The predicted octanol–water partition coefficient (Wildman–Crippen LogP) is 1.63. The summed E-state index contributed by atoms with van der Waals surface area (Å²) in [5, 5.41) is 2.23. The first kappa shape index (κ1) is 15.0. The van der Waals surface area contributed by atoms with Crippen molar-refractivity contribution in [3.63, 3.8) is 0 Å². The van der Waals surface area contributed by atoms with E-state index in [1.54, 1.807) is 12.1 Å². The standard InChI is InChI=1S/C15H18N2O4/c1-10(2)21-14(19)8-5-11-3-6-12(7-4-11)17-9-13(18)16-15(17)20/h3-4,6-7,10H,5,8-9H2,1-2H3,(H,16,18,20). The smallest absolute Gasteiger partial charge is 0.329 e. The molecule has 1 aromatic carbocycles. The van der Waals surface area contributed by atoms with Gasteiger partial charge in [0, 0.05) is 12.1 Å². The Hall–Kier alpha value is -2.37. The third kappa shape index (κ3) is 4.05. The van der Waals surface area contributed by atoms with Crippen molar-refractivity contribution in [2.24, 2.45) is 0 Å². The van der Waals surface area contributed by atoms with E-state index in [0.29, 0.717) is 18.5 Å². The van der Waals surface area contributed by atoms with Crippen molar-refractivity contribution in [2.75, 3.05) is 11.4 Å². The molecule has 6 nitrogen and oxygen atoms in total. The second kappa shape index (κ2) is 6.39. The van der Waals surface area contributed by atoms with E-state index in [1.807, 2.05) is 26.0 Å². The van der Waals surface area contributed by atoms with Crippen molar-refractivity contribution in [2.45, 2.75) is 32.8 Å². The average molecular weight is 290 g/mol. The lowest BCUT2D eigenvalue weighted by Crippen LogP contribution is -2.27. The van der Waals surface area contributed by atoms with E-state index in [-0.39, 0.29) is 24.5 Å². The SMILES string of the molecule is CC(C)OC(=O)CCc1ccc(N2CC(=O)NC2=O)cc1. The molecular weight excluding hydrogens is 272 g/mol. The highest BCUT2D eigenvalue weighted by Gasteiger charge is 2.27. The average Bonchev–Trinajstić information content (AvgIpc) is 2.75. The number of nitrogens with zero attached hydrogens (tertiary/aromatic N) is 1. The zero-order valence-electron chi connectivity index (χ0n) is 12.1. The molecular formula is C15H18N2O4. The Bertz CT molecular complexity index is 551. The highest BCUT2D eigenvalue weighted by atomic mass is 16.5. The first-order valence-corrected chi connectivity index (χ1v) is 6.85. The Labute approximate surface area is 123 Å². The van der Waals surface area contributed by atoms with Gasteiger partial charge in [0.15, 0.2) is 0 Å². The van der Waals surface area contributed by atoms with Crippen LogP contribution in [0, 0.1) is 0 Å². The summed E-state index contributed by atoms with van der Waals surface area (Å²) in [4.78, 5) is 35.5. The molecule has 1 heterocycles. The minimum atomic E-state index is -0.409. The topological polar surface area (TPSA) is 75.7 Å². The van der Waals surface area contributed by atoms with Crippen LogP contribution in [0.4, 0.5) is 10.5 Å². The molecule has 1 N–H and O–H groups in total. The van der Waals surface area contributed by atoms with Gasteiger partial charge in [0.1, 0.15) is 6.54 Å². The molecule has 0 atom stereocenters. The Morgan fingerprint density at radius 1 is 1.29 bits per heavy atom. The highest BCUT2D eigenvalue weighted by Crippen LogP contribution is 2.18. The number of anilines is 1. The van der Waals surface area contributed by atoms with Crippen molar-refractivity contribution in [3.05, 3.63) is 29.8 Å². The number of amides is 3. The maximum absolute atomic E-state index is 11.5. The molecule has 0 bridgehead atoms. The molecule has 0 aromatic heterocycles. The number of aryl methyl sites for hydroxylation is 1. The second-order valence-electron chi connectivity index (χ2n) is 5.14. The Morgan fingerprint density at radius 2 is 1.95 bits per heavy atom. The van der Waals surface area contributed by atoms with E-state index in [0.717, 1.165) is 5.56 Å². The van der Waals surface area contributed by atoms with Crippen LogP contribution >= 0.6 is 0 Å². The number of carbonyl (C=O) groups excluding carboxylic acids is 3. The zero-order valence-corrected chi connectivity index (χ0v) is 12.1. The Kier molecular flexibility index (Phi) is 4.57. The third-order valence-corrected chi connectivity index (χ3v) is 3.03. The van der Waals surface area contributed by atoms with Gasteiger partial charge in [-0.3, -0.25) is 19.8 Å². The molecule has 3 amide bonds. The second-order valence-corrected chi connectivity index (χ2v) is 5.14. The van der Waals surface area contributed by atoms with Crippen molar-refractivity contribution in [1.29, 1.82) is 0 Å². The van der Waals surface area contributed by atoms with Crippen LogP contribution < -0.4 is 10.2 Å². The summed E-state index contributed by atoms with van der Waals surface area (Å²) >= 11 is 0. The van der Waals surface area contributed by atoms with Crippen LogP contribution in [0.15, 0.2) is 24.3 Å². The van der Waals surface area contributed by atoms with Gasteiger partial charge in [-0.15, -0.1) is 0 Å². The number of hydrogen-bond acceptors (Lipinski definition) is 4. The van der Waals surface area contributed by atoms with Crippen molar-refractivity contribution in [1.82, 2.24) is 5.32 Å². The fourth-order valence-corrected chi connectivity index (χ4v) is 2.06. The molecule has 1 aliphatic heterocycles. The maximum Gasteiger partial charge on any atom is 0.329 e. The molecule has 0 unspecified atom stereocenters. The van der Waals surface area contributed by atoms with Crippen LogP contribution in [0.25, 0.3) is 0 Å². The largest absolute Gasteiger partial charge is 0.463 e. The number of ether oxygens (including phenoxy) is 1. The van der Waals surface area contributed by atoms with E-state index in [9.17, 15) is 14.4 Å². The van der Waals surface area contributed by atoms with Crippen LogP contribution in [-0.2, 0) is 20.7 Å². The molecule has 0 saturated carbocycles. The lowest BCUT2D eigenvalue weighted by atomic mass is 10.1. The number of urea groups is 1. The van der Waals surface area contributed by atoms with E-state index < -0.39 is 6.03 Å². The van der Waals surface area contributed by atoms with Crippen LogP contribution in [0.2, 0.25) is 0 Å². The molecule has 0 radical (unpaired) electrons. The molecule has 2 rings (SSSR count). The molecule has 1 fully saturated rings. The van der Waals surface area contributed by atoms with E-state index in [2.05, 4.69) is 5.32 Å². The van der Waals surface area contributed by atoms with Gasteiger partial charge in [-0.2, -0.15) is 0 Å². The number of rotatable bonds is 5. The molecule has 21 heavy (non-hydrogen) atoms. The first-order valence-electron chi connectivity index (χ1n) is 6.85. The third-order valence-electron chi connectivity index (χ3n) is 3.03. The summed E-state index contributed by atoms with van der Waals surface area (Å²) in [5.41, 5.74) is 1.64. The number of hydrogen-bond donors (Lipinski definition) is 1. The maximum atomic E-state index is 11.5. The van der Waals surface area contributed by atoms with Crippen LogP contribution in [0.5, 0.6) is 0 Å². The Balaban J connectivity index is 1.92. The minimum absolute atomic E-state index is 0.0406. The Morgan fingerprint density at radius 3 is 2.48 bits per heavy atom. The van der Waals surface area contributed by atoms with Gasteiger partial charge >= 0.3 is 12.0 Å². The summed E-state index contributed by atoms with van der Waals surface area (Å²) in [7, 11) is 0. The number of esters is 1. The summed E-state index contributed by atoms with van der Waals surface area (Å²) < 4.78 is 5.07. The minimum Gasteiger partial charge on any atom is -0.463 e. The molecule has 1 aromatic rings. The lowest BCUT2D eigenvalue weighted by molar-refractivity contribution is -0.147. The number of imide groups is 1. The van der Waals surface area contributed by atoms with Gasteiger partial charge in [0.2, 0.25) is 5.91 Å². The predicted molar refractivity (Wildman–Crippen MR) is 76.9 cm³/mol. The van der Waals surface area contributed by atoms with Gasteiger partial charge in [-0.1, -0.05) is 12.1 Å². The van der Waals surface area contributed by atoms with Crippen molar-refractivity contribution >= 4 is 23.6 Å². The van der Waals surface area contributed by atoms with Gasteiger partial charge < -0.3 is 4.74 Å². The molecule has 112 valence electrons. The molecule has 0 aliphatic carbocycles. The van der Waals surface area contributed by atoms with E-state index in [4.69, 9.17) is 4.74 Å². The number of benzene rings is 1. The van der Waals surface area contributed by atoms with E-state index >= 15 is 0 Å². The van der Waals surface area contributed by atoms with Crippen molar-refractivity contribution < 1.29 is 19.1 Å². The lowest BCUT2D eigenvalue weighted by Gasteiger charge is -2.13. The normalized spacial score (nSPS) is 14.5. The monoisotopic (exact) mass is 290 g/mol. The van der Waals surface area contributed by atoms with Gasteiger partial charge in [0.25, 0.3) is 0 Å². The summed E-state index contributed by atoms with van der Waals surface area (Å²) in [6.07, 6.45) is 0.795. The fraction of sp³-hybridized carbons (Fsp3) is 0.400. The van der Waals surface area contributed by atoms with Crippen molar-refractivity contribution in [3.8, 4) is 0 Å². The summed E-state index contributed by atoms with van der Waals surface area (Å²) in [5.74, 6) is -0.529. The quantitative estimate of drug-likeness (QED) is 0.660. The van der Waals surface area contributed by atoms with E-state index in [1.165, 1.54) is 4.90 Å². The van der Waals surface area contributed by atoms with Crippen LogP contribution in [-0.4, -0.2) is 30.6 Å². The fourth-order valence-electron chi connectivity index (χ4n) is 2.06. The number of carbonyl (C=O) groups is 3. The zero-order chi connectivity index (χ0) is 15.4.